The van der Waals surface area contributed by atoms with Crippen molar-refractivity contribution in [1.82, 2.24) is 4.90 Å². The van der Waals surface area contributed by atoms with Gasteiger partial charge in [-0.15, -0.1) is 0 Å². The summed E-state index contributed by atoms with van der Waals surface area (Å²) in [6.07, 6.45) is 2.54. The van der Waals surface area contributed by atoms with E-state index in [2.05, 4.69) is 11.9 Å². The predicted octanol–water partition coefficient (Wildman–Crippen LogP) is 2.82. The fourth-order valence-corrected chi connectivity index (χ4v) is 3.65. The number of hydrogen-bond acceptors (Lipinski definition) is 4. The molecule has 0 radical (unpaired) electrons. The molecule has 7 nitrogen and oxygen atoms in total. The van der Waals surface area contributed by atoms with Gasteiger partial charge in [0.15, 0.2) is 0 Å². The molecule has 1 aromatic rings. The molecule has 1 aromatic carbocycles. The molecule has 1 saturated heterocycles. The van der Waals surface area contributed by atoms with Gasteiger partial charge in [-0.3, -0.25) is 14.4 Å². The summed E-state index contributed by atoms with van der Waals surface area (Å²) in [5.74, 6) is 0.347. The van der Waals surface area contributed by atoms with Crippen LogP contribution >= 0.6 is 0 Å². The highest BCUT2D eigenvalue weighted by atomic mass is 16.5. The van der Waals surface area contributed by atoms with Crippen molar-refractivity contribution in [3.05, 3.63) is 30.9 Å². The molecule has 29 heavy (non-hydrogen) atoms. The van der Waals surface area contributed by atoms with Crippen LogP contribution in [0, 0.1) is 11.3 Å². The number of likely N-dealkylation sites (tertiary alicyclic amines) is 1. The van der Waals surface area contributed by atoms with Crippen LogP contribution in [0.4, 0.5) is 11.4 Å². The van der Waals surface area contributed by atoms with E-state index in [0.717, 1.165) is 0 Å². The lowest BCUT2D eigenvalue weighted by Gasteiger charge is -2.34. The number of carbonyl (C=O) groups excluding carboxylic acids is 3. The van der Waals surface area contributed by atoms with E-state index in [1.807, 2.05) is 20.8 Å². The molecule has 0 aliphatic carbocycles. The first-order valence-electron chi connectivity index (χ1n) is 10.0. The predicted molar refractivity (Wildman–Crippen MR) is 112 cm³/mol. The van der Waals surface area contributed by atoms with Crippen molar-refractivity contribution < 1.29 is 19.1 Å². The maximum atomic E-state index is 12.8. The summed E-state index contributed by atoms with van der Waals surface area (Å²) in [5, 5.41) is 2.96. The Hall–Kier alpha value is -2.83. The van der Waals surface area contributed by atoms with Crippen molar-refractivity contribution in [2.24, 2.45) is 11.3 Å². The number of anilines is 2. The van der Waals surface area contributed by atoms with Gasteiger partial charge in [-0.2, -0.15) is 0 Å². The van der Waals surface area contributed by atoms with Crippen LogP contribution < -0.4 is 15.0 Å². The SMILES string of the molecule is C=CC(=O)N1CCC(C(=O)Nc2ccc3c(c2)N(C(=O)C(C)(C)C)CCO3)CC1. The second-order valence-corrected chi connectivity index (χ2v) is 8.53. The Morgan fingerprint density at radius 1 is 1.17 bits per heavy atom. The van der Waals surface area contributed by atoms with E-state index in [0.29, 0.717) is 56.2 Å². The van der Waals surface area contributed by atoms with Gasteiger partial charge in [-0.05, 0) is 37.1 Å². The van der Waals surface area contributed by atoms with E-state index < -0.39 is 5.41 Å². The van der Waals surface area contributed by atoms with E-state index in [1.165, 1.54) is 6.08 Å². The van der Waals surface area contributed by atoms with Crippen LogP contribution in [-0.4, -0.2) is 48.9 Å². The van der Waals surface area contributed by atoms with E-state index in [9.17, 15) is 14.4 Å². The van der Waals surface area contributed by atoms with E-state index in [-0.39, 0.29) is 23.6 Å². The van der Waals surface area contributed by atoms with Gasteiger partial charge < -0.3 is 19.9 Å². The normalized spacial score (nSPS) is 17.2. The molecule has 2 aliphatic heterocycles. The van der Waals surface area contributed by atoms with Crippen molar-refractivity contribution in [3.63, 3.8) is 0 Å². The van der Waals surface area contributed by atoms with Crippen LogP contribution in [0.1, 0.15) is 33.6 Å². The number of fused-ring (bicyclic) bond motifs is 1. The minimum absolute atomic E-state index is 0.0183. The number of carbonyl (C=O) groups is 3. The van der Waals surface area contributed by atoms with Gasteiger partial charge in [0, 0.05) is 30.1 Å². The summed E-state index contributed by atoms with van der Waals surface area (Å²) in [4.78, 5) is 40.7. The molecule has 0 aromatic heterocycles. The smallest absolute Gasteiger partial charge is 0.245 e. The fourth-order valence-electron chi connectivity index (χ4n) is 3.65. The Morgan fingerprint density at radius 2 is 1.86 bits per heavy atom. The monoisotopic (exact) mass is 399 g/mol. The Balaban J connectivity index is 1.70. The third kappa shape index (κ3) is 4.60. The average Bonchev–Trinajstić information content (AvgIpc) is 2.71. The largest absolute Gasteiger partial charge is 0.490 e. The summed E-state index contributed by atoms with van der Waals surface area (Å²) in [6, 6.07) is 5.38. The lowest BCUT2D eigenvalue weighted by molar-refractivity contribution is -0.130. The molecule has 0 saturated carbocycles. The summed E-state index contributed by atoms with van der Waals surface area (Å²) in [6.45, 7) is 11.2. The molecule has 2 aliphatic rings. The second-order valence-electron chi connectivity index (χ2n) is 8.53. The first-order chi connectivity index (χ1) is 13.7. The van der Waals surface area contributed by atoms with Crippen LogP contribution in [0.5, 0.6) is 5.75 Å². The van der Waals surface area contributed by atoms with E-state index >= 15 is 0 Å². The van der Waals surface area contributed by atoms with Crippen LogP contribution in [0.3, 0.4) is 0 Å². The lowest BCUT2D eigenvalue weighted by Crippen LogP contribution is -2.44. The Bertz CT molecular complexity index is 820. The number of hydrogen-bond donors (Lipinski definition) is 1. The van der Waals surface area contributed by atoms with Crippen LogP contribution in [0.15, 0.2) is 30.9 Å². The molecule has 0 spiro atoms. The molecule has 3 amide bonds. The number of rotatable bonds is 3. The quantitative estimate of drug-likeness (QED) is 0.793. The van der Waals surface area contributed by atoms with Crippen LogP contribution in [0.25, 0.3) is 0 Å². The minimum atomic E-state index is -0.509. The van der Waals surface area contributed by atoms with Gasteiger partial charge in [0.2, 0.25) is 17.7 Å². The highest BCUT2D eigenvalue weighted by molar-refractivity contribution is 6.00. The molecule has 0 atom stereocenters. The molecule has 0 bridgehead atoms. The molecule has 2 heterocycles. The molecule has 0 unspecified atom stereocenters. The first kappa shape index (κ1) is 20.9. The zero-order valence-electron chi connectivity index (χ0n) is 17.4. The number of benzene rings is 1. The van der Waals surface area contributed by atoms with Gasteiger partial charge in [0.1, 0.15) is 12.4 Å². The number of nitrogens with one attached hydrogen (secondary N) is 1. The van der Waals surface area contributed by atoms with Crippen LogP contribution in [-0.2, 0) is 14.4 Å². The van der Waals surface area contributed by atoms with E-state index in [1.54, 1.807) is 28.0 Å². The van der Waals surface area contributed by atoms with Crippen molar-refractivity contribution in [1.29, 1.82) is 0 Å². The number of piperidine rings is 1. The molecule has 1 fully saturated rings. The summed E-state index contributed by atoms with van der Waals surface area (Å²) >= 11 is 0. The Morgan fingerprint density at radius 3 is 2.48 bits per heavy atom. The van der Waals surface area contributed by atoms with Crippen molar-refractivity contribution in [2.75, 3.05) is 36.5 Å². The third-order valence-electron chi connectivity index (χ3n) is 5.33. The van der Waals surface area contributed by atoms with Crippen molar-refractivity contribution in [2.45, 2.75) is 33.6 Å². The van der Waals surface area contributed by atoms with Gasteiger partial charge in [-0.25, -0.2) is 0 Å². The second kappa shape index (κ2) is 8.27. The standard InChI is InChI=1S/C22H29N3O4/c1-5-19(26)24-10-8-15(9-11-24)20(27)23-16-6-7-18-17(14-16)25(12-13-29-18)21(28)22(2,3)4/h5-7,14-15H,1,8-13H2,2-4H3,(H,23,27). The van der Waals surface area contributed by atoms with Gasteiger partial charge in [0.05, 0.1) is 12.2 Å². The zero-order chi connectivity index (χ0) is 21.2. The summed E-state index contributed by atoms with van der Waals surface area (Å²) in [5.41, 5.74) is 0.806. The maximum absolute atomic E-state index is 12.8. The van der Waals surface area contributed by atoms with Crippen molar-refractivity contribution >= 4 is 29.1 Å². The highest BCUT2D eigenvalue weighted by Gasteiger charge is 2.32. The Kier molecular flexibility index (Phi) is 5.96. The number of amides is 3. The lowest BCUT2D eigenvalue weighted by atomic mass is 9.94. The minimum Gasteiger partial charge on any atom is -0.490 e. The van der Waals surface area contributed by atoms with Gasteiger partial charge >= 0.3 is 0 Å². The highest BCUT2D eigenvalue weighted by Crippen LogP contribution is 2.36. The Labute approximate surface area is 171 Å². The zero-order valence-corrected chi connectivity index (χ0v) is 17.4. The topological polar surface area (TPSA) is 79.0 Å². The fraction of sp³-hybridized carbons (Fsp3) is 0.500. The molecule has 7 heteroatoms. The summed E-state index contributed by atoms with van der Waals surface area (Å²) < 4.78 is 5.69. The number of nitrogens with zero attached hydrogens (tertiary/aromatic N) is 2. The van der Waals surface area contributed by atoms with Gasteiger partial charge in [-0.1, -0.05) is 27.4 Å². The average molecular weight is 399 g/mol. The molecular formula is C22H29N3O4. The molecule has 3 rings (SSSR count). The maximum Gasteiger partial charge on any atom is 0.245 e. The van der Waals surface area contributed by atoms with E-state index in [4.69, 9.17) is 4.74 Å². The number of ether oxygens (including phenoxy) is 1. The van der Waals surface area contributed by atoms with Gasteiger partial charge in [0.25, 0.3) is 0 Å². The molecular weight excluding hydrogens is 370 g/mol. The summed E-state index contributed by atoms with van der Waals surface area (Å²) in [7, 11) is 0. The molecule has 156 valence electrons. The van der Waals surface area contributed by atoms with Crippen molar-refractivity contribution in [3.8, 4) is 5.75 Å². The first-order valence-corrected chi connectivity index (χ1v) is 10.0. The third-order valence-corrected chi connectivity index (χ3v) is 5.33. The molecule has 1 N–H and O–H groups in total. The van der Waals surface area contributed by atoms with Crippen LogP contribution in [0.2, 0.25) is 0 Å².